The molecule has 4 heteroatoms. The van der Waals surface area contributed by atoms with Gasteiger partial charge in [0.05, 0.1) is 10.1 Å². The van der Waals surface area contributed by atoms with Crippen LogP contribution >= 0.6 is 15.9 Å². The molecule has 0 aliphatic carbocycles. The van der Waals surface area contributed by atoms with Gasteiger partial charge in [0, 0.05) is 17.6 Å². The van der Waals surface area contributed by atoms with Crippen LogP contribution < -0.4 is 5.32 Å². The lowest BCUT2D eigenvalue weighted by molar-refractivity contribution is -0.00540. The van der Waals surface area contributed by atoms with E-state index in [1.165, 1.54) is 0 Å². The number of hydrogen-bond acceptors (Lipinski definition) is 3. The Kier molecular flexibility index (Phi) is 4.23. The van der Waals surface area contributed by atoms with Crippen LogP contribution in [0.25, 0.3) is 0 Å². The first kappa shape index (κ1) is 14.5. The number of rotatable bonds is 4. The number of phenols is 1. The van der Waals surface area contributed by atoms with Gasteiger partial charge in [-0.2, -0.15) is 0 Å². The first-order valence-corrected chi connectivity index (χ1v) is 6.38. The first-order chi connectivity index (χ1) is 7.65. The molecule has 0 amide bonds. The fraction of sp³-hybridized carbons (Fsp3) is 0.538. The minimum atomic E-state index is -0.839. The fourth-order valence-corrected chi connectivity index (χ4v) is 1.64. The van der Waals surface area contributed by atoms with Crippen molar-refractivity contribution in [1.82, 2.24) is 5.32 Å². The maximum Gasteiger partial charge on any atom is 0.134 e. The molecule has 0 heterocycles. The van der Waals surface area contributed by atoms with Crippen LogP contribution in [0.3, 0.4) is 0 Å². The van der Waals surface area contributed by atoms with Gasteiger partial charge in [0.15, 0.2) is 0 Å². The summed E-state index contributed by atoms with van der Waals surface area (Å²) in [6, 6.07) is 5.52. The number of para-hydroxylation sites is 1. The van der Waals surface area contributed by atoms with Gasteiger partial charge < -0.3 is 15.5 Å². The number of phenolic OH excluding ortho intramolecular Hbond substituents is 1. The molecule has 1 rings (SSSR count). The Morgan fingerprint density at radius 3 is 2.35 bits per heavy atom. The normalized spacial score (nSPS) is 12.8. The number of aliphatic hydroxyl groups is 1. The first-order valence-electron chi connectivity index (χ1n) is 5.59. The molecule has 3 nitrogen and oxygen atoms in total. The smallest absolute Gasteiger partial charge is 0.134 e. The van der Waals surface area contributed by atoms with E-state index in [1.807, 2.05) is 26.0 Å². The highest BCUT2D eigenvalue weighted by atomic mass is 79.9. The van der Waals surface area contributed by atoms with Gasteiger partial charge >= 0.3 is 0 Å². The van der Waals surface area contributed by atoms with Crippen LogP contribution in [-0.2, 0) is 6.54 Å². The molecule has 0 spiro atoms. The SMILES string of the molecule is CC(C)(O)C(C)(C)NCc1cccc(Br)c1O. The summed E-state index contributed by atoms with van der Waals surface area (Å²) in [5.41, 5.74) is -0.479. The van der Waals surface area contributed by atoms with Crippen LogP contribution in [0.15, 0.2) is 22.7 Å². The van der Waals surface area contributed by atoms with E-state index in [1.54, 1.807) is 19.9 Å². The van der Waals surface area contributed by atoms with Crippen LogP contribution in [0.4, 0.5) is 0 Å². The molecule has 0 saturated carbocycles. The van der Waals surface area contributed by atoms with Gasteiger partial charge in [0.25, 0.3) is 0 Å². The maximum atomic E-state index is 10.0. The third-order valence-electron chi connectivity index (χ3n) is 3.32. The van der Waals surface area contributed by atoms with Gasteiger partial charge in [0.2, 0.25) is 0 Å². The molecule has 1 aromatic carbocycles. The molecule has 96 valence electrons. The van der Waals surface area contributed by atoms with E-state index in [2.05, 4.69) is 21.2 Å². The molecule has 0 aromatic heterocycles. The number of aromatic hydroxyl groups is 1. The lowest BCUT2D eigenvalue weighted by Gasteiger charge is -2.38. The van der Waals surface area contributed by atoms with E-state index >= 15 is 0 Å². The van der Waals surface area contributed by atoms with Crippen molar-refractivity contribution in [3.05, 3.63) is 28.2 Å². The summed E-state index contributed by atoms with van der Waals surface area (Å²) in [6.07, 6.45) is 0. The minimum Gasteiger partial charge on any atom is -0.506 e. The Morgan fingerprint density at radius 1 is 1.24 bits per heavy atom. The average Bonchev–Trinajstić information content (AvgIpc) is 2.18. The maximum absolute atomic E-state index is 10.0. The van der Waals surface area contributed by atoms with Gasteiger partial charge in [-0.1, -0.05) is 12.1 Å². The van der Waals surface area contributed by atoms with E-state index in [4.69, 9.17) is 0 Å². The van der Waals surface area contributed by atoms with Crippen molar-refractivity contribution >= 4 is 15.9 Å². The van der Waals surface area contributed by atoms with Gasteiger partial charge in [-0.25, -0.2) is 0 Å². The highest BCUT2D eigenvalue weighted by Gasteiger charge is 2.34. The Labute approximate surface area is 111 Å². The molecular formula is C13H20BrNO2. The topological polar surface area (TPSA) is 52.5 Å². The summed E-state index contributed by atoms with van der Waals surface area (Å²) in [7, 11) is 0. The van der Waals surface area contributed by atoms with Crippen molar-refractivity contribution in [2.24, 2.45) is 0 Å². The second-order valence-corrected chi connectivity index (χ2v) is 6.14. The van der Waals surface area contributed by atoms with Crippen LogP contribution in [0.2, 0.25) is 0 Å². The standard InChI is InChI=1S/C13H20BrNO2/c1-12(2,13(3,4)17)15-8-9-6-5-7-10(14)11(9)16/h5-7,15-17H,8H2,1-4H3. The predicted octanol–water partition coefficient (Wildman–Crippen LogP) is 2.79. The summed E-state index contributed by atoms with van der Waals surface area (Å²) in [5, 5.41) is 23.1. The molecule has 0 bridgehead atoms. The van der Waals surface area contributed by atoms with E-state index in [0.717, 1.165) is 5.56 Å². The quantitative estimate of drug-likeness (QED) is 0.801. The second kappa shape index (κ2) is 4.96. The minimum absolute atomic E-state index is 0.242. The second-order valence-electron chi connectivity index (χ2n) is 5.29. The Balaban J connectivity index is 2.78. The van der Waals surface area contributed by atoms with Crippen molar-refractivity contribution in [3.63, 3.8) is 0 Å². The summed E-state index contributed by atoms with van der Waals surface area (Å²) < 4.78 is 0.679. The van der Waals surface area contributed by atoms with Crippen LogP contribution in [0.1, 0.15) is 33.3 Å². The molecule has 0 atom stereocenters. The van der Waals surface area contributed by atoms with Crippen molar-refractivity contribution in [2.75, 3.05) is 0 Å². The summed E-state index contributed by atoms with van der Waals surface area (Å²) in [4.78, 5) is 0. The molecule has 3 N–H and O–H groups in total. The Hall–Kier alpha value is -0.580. The molecule has 0 saturated heterocycles. The number of benzene rings is 1. The number of hydrogen-bond donors (Lipinski definition) is 3. The monoisotopic (exact) mass is 301 g/mol. The third-order valence-corrected chi connectivity index (χ3v) is 3.96. The molecule has 0 aliphatic rings. The zero-order valence-corrected chi connectivity index (χ0v) is 12.3. The van der Waals surface area contributed by atoms with Gasteiger partial charge in [-0.3, -0.25) is 0 Å². The van der Waals surface area contributed by atoms with Crippen LogP contribution in [0, 0.1) is 0 Å². The molecule has 0 unspecified atom stereocenters. The van der Waals surface area contributed by atoms with Gasteiger partial charge in [-0.15, -0.1) is 0 Å². The van der Waals surface area contributed by atoms with Crippen LogP contribution in [0.5, 0.6) is 5.75 Å². The lowest BCUT2D eigenvalue weighted by Crippen LogP contribution is -2.55. The fourth-order valence-electron chi connectivity index (χ4n) is 1.24. The number of halogens is 1. The molecule has 0 aliphatic heterocycles. The summed E-state index contributed by atoms with van der Waals surface area (Å²) >= 11 is 3.28. The van der Waals surface area contributed by atoms with E-state index < -0.39 is 11.1 Å². The zero-order valence-electron chi connectivity index (χ0n) is 10.7. The summed E-state index contributed by atoms with van der Waals surface area (Å²) in [5.74, 6) is 0.242. The van der Waals surface area contributed by atoms with Crippen molar-refractivity contribution in [3.8, 4) is 5.75 Å². The Bertz CT molecular complexity index is 397. The average molecular weight is 302 g/mol. The van der Waals surface area contributed by atoms with Gasteiger partial charge in [-0.05, 0) is 49.7 Å². The van der Waals surface area contributed by atoms with Gasteiger partial charge in [0.1, 0.15) is 5.75 Å². The number of nitrogens with one attached hydrogen (secondary N) is 1. The van der Waals surface area contributed by atoms with Crippen molar-refractivity contribution in [2.45, 2.75) is 45.4 Å². The zero-order chi connectivity index (χ0) is 13.3. The predicted molar refractivity (Wildman–Crippen MR) is 73.0 cm³/mol. The van der Waals surface area contributed by atoms with Crippen LogP contribution in [-0.4, -0.2) is 21.4 Å². The third kappa shape index (κ3) is 3.44. The highest BCUT2D eigenvalue weighted by molar-refractivity contribution is 9.10. The lowest BCUT2D eigenvalue weighted by atomic mass is 9.86. The van der Waals surface area contributed by atoms with E-state index in [9.17, 15) is 10.2 Å². The molecule has 1 aromatic rings. The summed E-state index contributed by atoms with van der Waals surface area (Å²) in [6.45, 7) is 7.90. The molecule has 17 heavy (non-hydrogen) atoms. The molecular weight excluding hydrogens is 282 g/mol. The van der Waals surface area contributed by atoms with Crippen molar-refractivity contribution < 1.29 is 10.2 Å². The molecule has 0 radical (unpaired) electrons. The van der Waals surface area contributed by atoms with Crippen molar-refractivity contribution in [1.29, 1.82) is 0 Å². The Morgan fingerprint density at radius 2 is 1.82 bits per heavy atom. The largest absolute Gasteiger partial charge is 0.506 e. The van der Waals surface area contributed by atoms with E-state index in [-0.39, 0.29) is 5.75 Å². The van der Waals surface area contributed by atoms with E-state index in [0.29, 0.717) is 11.0 Å². The highest BCUT2D eigenvalue weighted by Crippen LogP contribution is 2.28. The molecule has 0 fully saturated rings.